The summed E-state index contributed by atoms with van der Waals surface area (Å²) in [4.78, 5) is 32.2. The number of nitrogens with one attached hydrogen (secondary N) is 1. The Bertz CT molecular complexity index is 1450. The van der Waals surface area contributed by atoms with E-state index in [1.54, 1.807) is 10.6 Å². The maximum Gasteiger partial charge on any atom is 0.263 e. The van der Waals surface area contributed by atoms with Crippen molar-refractivity contribution in [3.05, 3.63) is 87.5 Å². The van der Waals surface area contributed by atoms with Gasteiger partial charge in [-0.05, 0) is 43.9 Å². The zero-order valence-electron chi connectivity index (χ0n) is 20.4. The van der Waals surface area contributed by atoms with Crippen LogP contribution in [-0.4, -0.2) is 20.7 Å². The minimum absolute atomic E-state index is 0.117. The first kappa shape index (κ1) is 24.9. The molecule has 5 nitrogen and oxygen atoms in total. The van der Waals surface area contributed by atoms with E-state index >= 15 is 0 Å². The average Bonchev–Trinajstić information content (AvgIpc) is 3.27. The number of rotatable bonds is 8. The second-order valence-electron chi connectivity index (χ2n) is 8.51. The molecule has 4 aromatic rings. The fraction of sp³-hybridized carbons (Fsp3) is 0.250. The SMILES string of the molecule is C=CCn1c(SC(C)C(=O)Nc2c(C)cccc2CC)nc2scc(-c3ccc(C)cc3)c2c1=O. The Hall–Kier alpha value is -3.16. The van der Waals surface area contributed by atoms with Crippen molar-refractivity contribution in [1.29, 1.82) is 0 Å². The largest absolute Gasteiger partial charge is 0.325 e. The van der Waals surface area contributed by atoms with Crippen molar-refractivity contribution in [2.45, 2.75) is 51.1 Å². The van der Waals surface area contributed by atoms with Crippen LogP contribution in [0.5, 0.6) is 0 Å². The number of hydrogen-bond acceptors (Lipinski definition) is 5. The summed E-state index contributed by atoms with van der Waals surface area (Å²) in [7, 11) is 0. The molecular formula is C28H29N3O2S2. The summed E-state index contributed by atoms with van der Waals surface area (Å²) >= 11 is 2.74. The van der Waals surface area contributed by atoms with Gasteiger partial charge in [-0.3, -0.25) is 14.2 Å². The van der Waals surface area contributed by atoms with Crippen molar-refractivity contribution in [3.8, 4) is 11.1 Å². The van der Waals surface area contributed by atoms with Crippen LogP contribution in [0, 0.1) is 13.8 Å². The number of hydrogen-bond donors (Lipinski definition) is 1. The first-order chi connectivity index (χ1) is 16.8. The van der Waals surface area contributed by atoms with E-state index in [9.17, 15) is 9.59 Å². The maximum atomic E-state index is 13.6. The number of benzene rings is 2. The molecule has 0 aliphatic carbocycles. The van der Waals surface area contributed by atoms with E-state index in [1.807, 2.05) is 68.6 Å². The molecule has 0 aliphatic rings. The number of allylic oxidation sites excluding steroid dienone is 1. The summed E-state index contributed by atoms with van der Waals surface area (Å²) in [6, 6.07) is 14.2. The Morgan fingerprint density at radius 3 is 2.66 bits per heavy atom. The summed E-state index contributed by atoms with van der Waals surface area (Å²) in [5.41, 5.74) is 5.91. The molecule has 7 heteroatoms. The number of aromatic nitrogens is 2. The lowest BCUT2D eigenvalue weighted by molar-refractivity contribution is -0.115. The number of aryl methyl sites for hydroxylation is 3. The van der Waals surface area contributed by atoms with Crippen LogP contribution in [0.3, 0.4) is 0 Å². The van der Waals surface area contributed by atoms with Gasteiger partial charge in [-0.15, -0.1) is 17.9 Å². The minimum atomic E-state index is -0.448. The van der Waals surface area contributed by atoms with Gasteiger partial charge in [-0.1, -0.05) is 72.8 Å². The molecule has 1 unspecified atom stereocenters. The van der Waals surface area contributed by atoms with Gasteiger partial charge in [-0.25, -0.2) is 4.98 Å². The van der Waals surface area contributed by atoms with Crippen molar-refractivity contribution in [2.75, 3.05) is 5.32 Å². The third-order valence-corrected chi connectivity index (χ3v) is 7.93. The van der Waals surface area contributed by atoms with Crippen LogP contribution in [0.4, 0.5) is 5.69 Å². The molecule has 0 saturated carbocycles. The van der Waals surface area contributed by atoms with Gasteiger partial charge in [0, 0.05) is 23.2 Å². The zero-order chi connectivity index (χ0) is 25.1. The van der Waals surface area contributed by atoms with Crippen molar-refractivity contribution in [2.24, 2.45) is 0 Å². The molecule has 180 valence electrons. The number of carbonyl (C=O) groups is 1. The molecular weight excluding hydrogens is 474 g/mol. The van der Waals surface area contributed by atoms with E-state index in [1.165, 1.54) is 23.1 Å². The number of nitrogens with zero attached hydrogens (tertiary/aromatic N) is 2. The molecule has 0 radical (unpaired) electrons. The van der Waals surface area contributed by atoms with Gasteiger partial charge >= 0.3 is 0 Å². The fourth-order valence-electron chi connectivity index (χ4n) is 3.97. The number of thiophene rings is 1. The Balaban J connectivity index is 1.68. The second-order valence-corrected chi connectivity index (χ2v) is 10.7. The Labute approximate surface area is 213 Å². The summed E-state index contributed by atoms with van der Waals surface area (Å²) in [5, 5.41) is 5.75. The zero-order valence-corrected chi connectivity index (χ0v) is 22.1. The van der Waals surface area contributed by atoms with E-state index in [2.05, 4.69) is 18.8 Å². The van der Waals surface area contributed by atoms with Crippen molar-refractivity contribution in [1.82, 2.24) is 9.55 Å². The van der Waals surface area contributed by atoms with Crippen LogP contribution in [0.1, 0.15) is 30.5 Å². The highest BCUT2D eigenvalue weighted by Gasteiger charge is 2.22. The molecule has 0 fully saturated rings. The highest BCUT2D eigenvalue weighted by atomic mass is 32.2. The minimum Gasteiger partial charge on any atom is -0.325 e. The van der Waals surface area contributed by atoms with Gasteiger partial charge < -0.3 is 5.32 Å². The smallest absolute Gasteiger partial charge is 0.263 e. The van der Waals surface area contributed by atoms with Crippen LogP contribution < -0.4 is 10.9 Å². The summed E-state index contributed by atoms with van der Waals surface area (Å²) in [6.07, 6.45) is 2.51. The number of carbonyl (C=O) groups excluding carboxylic acids is 1. The third-order valence-electron chi connectivity index (χ3n) is 5.97. The topological polar surface area (TPSA) is 64.0 Å². The summed E-state index contributed by atoms with van der Waals surface area (Å²) < 4.78 is 1.61. The maximum absolute atomic E-state index is 13.6. The molecule has 0 saturated heterocycles. The molecule has 1 atom stereocenters. The first-order valence-corrected chi connectivity index (χ1v) is 13.4. The van der Waals surface area contributed by atoms with Crippen LogP contribution >= 0.6 is 23.1 Å². The van der Waals surface area contributed by atoms with E-state index in [-0.39, 0.29) is 11.5 Å². The van der Waals surface area contributed by atoms with Gasteiger partial charge in [0.05, 0.1) is 10.6 Å². The lowest BCUT2D eigenvalue weighted by Crippen LogP contribution is -2.27. The van der Waals surface area contributed by atoms with Crippen LogP contribution in [-0.2, 0) is 17.8 Å². The molecule has 4 rings (SSSR count). The predicted molar refractivity (Wildman–Crippen MR) is 149 cm³/mol. The number of para-hydroxylation sites is 1. The van der Waals surface area contributed by atoms with Crippen LogP contribution in [0.2, 0.25) is 0 Å². The quantitative estimate of drug-likeness (QED) is 0.167. The second kappa shape index (κ2) is 10.6. The Kier molecular flexibility index (Phi) is 7.57. The van der Waals surface area contributed by atoms with Gasteiger partial charge in [0.1, 0.15) is 4.83 Å². The summed E-state index contributed by atoms with van der Waals surface area (Å²) in [6.45, 7) is 12.1. The number of fused-ring (bicyclic) bond motifs is 1. The molecule has 0 bridgehead atoms. The number of anilines is 1. The molecule has 35 heavy (non-hydrogen) atoms. The molecule has 2 heterocycles. The summed E-state index contributed by atoms with van der Waals surface area (Å²) in [5.74, 6) is -0.120. The van der Waals surface area contributed by atoms with Gasteiger partial charge in [-0.2, -0.15) is 0 Å². The van der Waals surface area contributed by atoms with E-state index in [0.717, 1.165) is 39.9 Å². The monoisotopic (exact) mass is 503 g/mol. The van der Waals surface area contributed by atoms with E-state index in [4.69, 9.17) is 4.98 Å². The number of amides is 1. The molecule has 1 N–H and O–H groups in total. The highest BCUT2D eigenvalue weighted by Crippen LogP contribution is 2.33. The average molecular weight is 504 g/mol. The standard InChI is InChI=1S/C28H29N3O2S2/c1-6-15-31-27(33)23-22(21-13-11-17(3)12-14-21)16-34-26(23)30-28(31)35-19(5)25(32)29-24-18(4)9-8-10-20(24)7-2/h6,8-14,16,19H,1,7,15H2,2-5H3,(H,29,32). The Morgan fingerprint density at radius 1 is 1.23 bits per heavy atom. The van der Waals surface area contributed by atoms with Gasteiger partial charge in [0.25, 0.3) is 5.56 Å². The molecule has 0 spiro atoms. The van der Waals surface area contributed by atoms with Crippen molar-refractivity contribution >= 4 is 44.9 Å². The predicted octanol–water partition coefficient (Wildman–Crippen LogP) is 6.61. The van der Waals surface area contributed by atoms with Gasteiger partial charge in [0.2, 0.25) is 5.91 Å². The normalized spacial score (nSPS) is 12.0. The highest BCUT2D eigenvalue weighted by molar-refractivity contribution is 8.00. The fourth-order valence-corrected chi connectivity index (χ4v) is 5.88. The van der Waals surface area contributed by atoms with Gasteiger partial charge in [0.15, 0.2) is 5.16 Å². The van der Waals surface area contributed by atoms with Crippen LogP contribution in [0.25, 0.3) is 21.3 Å². The molecule has 0 aliphatic heterocycles. The third kappa shape index (κ3) is 5.11. The molecule has 2 aromatic heterocycles. The molecule has 1 amide bonds. The van der Waals surface area contributed by atoms with E-state index < -0.39 is 5.25 Å². The number of thioether (sulfide) groups is 1. The lowest BCUT2D eigenvalue weighted by atomic mass is 10.1. The first-order valence-electron chi connectivity index (χ1n) is 11.6. The van der Waals surface area contributed by atoms with Crippen LogP contribution in [0.15, 0.2) is 70.5 Å². The van der Waals surface area contributed by atoms with E-state index in [0.29, 0.717) is 21.9 Å². The van der Waals surface area contributed by atoms with Crippen molar-refractivity contribution < 1.29 is 4.79 Å². The molecule has 2 aromatic carbocycles. The Morgan fingerprint density at radius 2 is 1.97 bits per heavy atom. The lowest BCUT2D eigenvalue weighted by Gasteiger charge is -2.17. The van der Waals surface area contributed by atoms with Crippen molar-refractivity contribution in [3.63, 3.8) is 0 Å².